The molecule has 1 aliphatic rings. The van der Waals surface area contributed by atoms with Gasteiger partial charge in [-0.15, -0.1) is 0 Å². The second kappa shape index (κ2) is 4.63. The predicted octanol–water partition coefficient (Wildman–Crippen LogP) is 0.525. The Kier molecular flexibility index (Phi) is 3.48. The van der Waals surface area contributed by atoms with Gasteiger partial charge in [0.2, 0.25) is 0 Å². The summed E-state index contributed by atoms with van der Waals surface area (Å²) >= 11 is 0. The monoisotopic (exact) mass is 195 g/mol. The van der Waals surface area contributed by atoms with Gasteiger partial charge >= 0.3 is 5.97 Å². The van der Waals surface area contributed by atoms with Gasteiger partial charge in [-0.1, -0.05) is 6.58 Å². The molecule has 4 nitrogen and oxygen atoms in total. The van der Waals surface area contributed by atoms with Crippen molar-refractivity contribution in [3.8, 4) is 0 Å². The zero-order valence-corrected chi connectivity index (χ0v) is 8.16. The highest BCUT2D eigenvalue weighted by Gasteiger charge is 2.30. The number of nitrogens with zero attached hydrogens (tertiary/aromatic N) is 1. The molecular formula is C10H13NO3. The van der Waals surface area contributed by atoms with Crippen LogP contribution in [0.4, 0.5) is 0 Å². The zero-order valence-electron chi connectivity index (χ0n) is 8.16. The van der Waals surface area contributed by atoms with Crippen LogP contribution in [0.1, 0.15) is 12.8 Å². The molecule has 1 fully saturated rings. The van der Waals surface area contributed by atoms with Crippen molar-refractivity contribution in [1.82, 2.24) is 4.90 Å². The minimum absolute atomic E-state index is 0.0601. The smallest absolute Gasteiger partial charge is 0.347 e. The molecular weight excluding hydrogens is 182 g/mol. The second-order valence-corrected chi connectivity index (χ2v) is 3.09. The molecule has 0 saturated carbocycles. The molecule has 0 amide bonds. The van der Waals surface area contributed by atoms with Crippen molar-refractivity contribution in [2.75, 3.05) is 13.7 Å². The third kappa shape index (κ3) is 1.86. The van der Waals surface area contributed by atoms with E-state index < -0.39 is 5.97 Å². The van der Waals surface area contributed by atoms with E-state index in [1.807, 2.05) is 4.90 Å². The summed E-state index contributed by atoms with van der Waals surface area (Å²) < 4.78 is 4.51. The summed E-state index contributed by atoms with van der Waals surface area (Å²) in [5.74, 6) is 1.06. The normalized spacial score (nSPS) is 20.1. The summed E-state index contributed by atoms with van der Waals surface area (Å²) in [7, 11) is 1.26. The fraction of sp³-hybridized carbons (Fsp3) is 0.500. The van der Waals surface area contributed by atoms with Crippen molar-refractivity contribution < 1.29 is 14.3 Å². The molecule has 0 spiro atoms. The molecule has 0 radical (unpaired) electrons. The Morgan fingerprint density at radius 1 is 1.71 bits per heavy atom. The van der Waals surface area contributed by atoms with E-state index in [1.54, 1.807) is 12.1 Å². The molecule has 0 aromatic heterocycles. The molecule has 0 aromatic rings. The van der Waals surface area contributed by atoms with E-state index >= 15 is 0 Å². The molecule has 1 aliphatic heterocycles. The molecule has 1 rings (SSSR count). The van der Waals surface area contributed by atoms with E-state index in [-0.39, 0.29) is 11.6 Å². The average Bonchev–Trinajstić information content (AvgIpc) is 2.66. The predicted molar refractivity (Wildman–Crippen MR) is 51.1 cm³/mol. The summed E-state index contributed by atoms with van der Waals surface area (Å²) in [6.07, 6.45) is 3.35. The van der Waals surface area contributed by atoms with Crippen LogP contribution in [-0.4, -0.2) is 36.5 Å². The standard InChI is InChI=1S/C10H13NO3/c1-3-11-6-4-5-9(11)8(7-12)10(13)14-2/h3,9H,1,4-6H2,2H3. The van der Waals surface area contributed by atoms with Gasteiger partial charge in [0, 0.05) is 6.54 Å². The second-order valence-electron chi connectivity index (χ2n) is 3.09. The van der Waals surface area contributed by atoms with Crippen molar-refractivity contribution in [1.29, 1.82) is 0 Å². The first-order chi connectivity index (χ1) is 6.74. The number of carbonyl (C=O) groups is 1. The minimum atomic E-state index is -0.598. The molecule has 4 heteroatoms. The SMILES string of the molecule is C=CN1CCCC1C(=C=O)C(=O)OC. The minimum Gasteiger partial charge on any atom is -0.465 e. The number of hydrogen-bond donors (Lipinski definition) is 0. The van der Waals surface area contributed by atoms with Crippen LogP contribution >= 0.6 is 0 Å². The number of likely N-dealkylation sites (tertiary alicyclic amines) is 1. The molecule has 76 valence electrons. The Labute approximate surface area is 82.8 Å². The topological polar surface area (TPSA) is 46.6 Å². The van der Waals surface area contributed by atoms with E-state index in [0.29, 0.717) is 0 Å². The average molecular weight is 195 g/mol. The van der Waals surface area contributed by atoms with E-state index in [0.717, 1.165) is 19.4 Å². The highest BCUT2D eigenvalue weighted by molar-refractivity contribution is 5.98. The van der Waals surface area contributed by atoms with E-state index in [4.69, 9.17) is 0 Å². The van der Waals surface area contributed by atoms with Crippen LogP contribution in [-0.2, 0) is 14.3 Å². The largest absolute Gasteiger partial charge is 0.465 e. The lowest BCUT2D eigenvalue weighted by Crippen LogP contribution is -2.30. The summed E-state index contributed by atoms with van der Waals surface area (Å²) in [5.41, 5.74) is 0.0601. The maximum atomic E-state index is 11.2. The van der Waals surface area contributed by atoms with Gasteiger partial charge in [0.25, 0.3) is 0 Å². The first-order valence-electron chi connectivity index (χ1n) is 4.46. The summed E-state index contributed by atoms with van der Waals surface area (Å²) in [4.78, 5) is 23.7. The number of carbonyl (C=O) groups excluding carboxylic acids is 2. The molecule has 1 saturated heterocycles. The number of methoxy groups -OCH3 is 1. The molecule has 0 aliphatic carbocycles. The highest BCUT2D eigenvalue weighted by atomic mass is 16.5. The molecule has 1 atom stereocenters. The Morgan fingerprint density at radius 2 is 2.43 bits per heavy atom. The Balaban J connectivity index is 2.85. The van der Waals surface area contributed by atoms with Crippen molar-refractivity contribution in [2.24, 2.45) is 0 Å². The molecule has 1 heterocycles. The number of hydrogen-bond acceptors (Lipinski definition) is 4. The van der Waals surface area contributed by atoms with Crippen LogP contribution in [0.25, 0.3) is 0 Å². The first kappa shape index (κ1) is 10.5. The van der Waals surface area contributed by atoms with Crippen molar-refractivity contribution in [3.05, 3.63) is 18.4 Å². The van der Waals surface area contributed by atoms with Crippen LogP contribution in [0.15, 0.2) is 18.4 Å². The van der Waals surface area contributed by atoms with Gasteiger partial charge in [0.05, 0.1) is 13.2 Å². The fourth-order valence-electron chi connectivity index (χ4n) is 1.67. The maximum absolute atomic E-state index is 11.2. The molecule has 0 N–H and O–H groups in total. The van der Waals surface area contributed by atoms with Gasteiger partial charge in [0.15, 0.2) is 0 Å². The van der Waals surface area contributed by atoms with E-state index in [2.05, 4.69) is 11.3 Å². The lowest BCUT2D eigenvalue weighted by atomic mass is 10.1. The third-order valence-electron chi connectivity index (χ3n) is 2.38. The first-order valence-corrected chi connectivity index (χ1v) is 4.46. The van der Waals surface area contributed by atoms with Gasteiger partial charge < -0.3 is 9.64 Å². The van der Waals surface area contributed by atoms with Gasteiger partial charge in [-0.2, -0.15) is 0 Å². The number of esters is 1. The summed E-state index contributed by atoms with van der Waals surface area (Å²) in [6.45, 7) is 4.44. The Hall–Kier alpha value is -1.54. The Bertz CT molecular complexity index is 292. The molecule has 0 aromatic carbocycles. The van der Waals surface area contributed by atoms with Crippen LogP contribution in [0, 0.1) is 0 Å². The van der Waals surface area contributed by atoms with Gasteiger partial charge in [-0.3, -0.25) is 0 Å². The Morgan fingerprint density at radius 3 is 2.93 bits per heavy atom. The van der Waals surface area contributed by atoms with E-state index in [9.17, 15) is 9.59 Å². The number of rotatable bonds is 3. The van der Waals surface area contributed by atoms with Crippen LogP contribution in [0.5, 0.6) is 0 Å². The fourth-order valence-corrected chi connectivity index (χ4v) is 1.67. The van der Waals surface area contributed by atoms with Crippen molar-refractivity contribution >= 4 is 11.9 Å². The van der Waals surface area contributed by atoms with Crippen LogP contribution in [0.2, 0.25) is 0 Å². The quantitative estimate of drug-likeness (QED) is 0.374. The van der Waals surface area contributed by atoms with Crippen molar-refractivity contribution in [3.63, 3.8) is 0 Å². The maximum Gasteiger partial charge on any atom is 0.347 e. The van der Waals surface area contributed by atoms with Crippen LogP contribution < -0.4 is 0 Å². The summed E-state index contributed by atoms with van der Waals surface area (Å²) in [6, 6.07) is -0.211. The van der Waals surface area contributed by atoms with Gasteiger partial charge in [-0.25, -0.2) is 9.59 Å². The summed E-state index contributed by atoms with van der Waals surface area (Å²) in [5, 5.41) is 0. The molecule has 0 bridgehead atoms. The molecule has 14 heavy (non-hydrogen) atoms. The molecule has 1 unspecified atom stereocenters. The van der Waals surface area contributed by atoms with Crippen molar-refractivity contribution in [2.45, 2.75) is 18.9 Å². The van der Waals surface area contributed by atoms with Gasteiger partial charge in [-0.05, 0) is 19.0 Å². The third-order valence-corrected chi connectivity index (χ3v) is 2.38. The lowest BCUT2D eigenvalue weighted by molar-refractivity contribution is -0.136. The lowest BCUT2D eigenvalue weighted by Gasteiger charge is -2.21. The zero-order chi connectivity index (χ0) is 10.6. The van der Waals surface area contributed by atoms with E-state index in [1.165, 1.54) is 7.11 Å². The van der Waals surface area contributed by atoms with Gasteiger partial charge in [0.1, 0.15) is 11.5 Å². The van der Waals surface area contributed by atoms with Crippen LogP contribution in [0.3, 0.4) is 0 Å². The highest BCUT2D eigenvalue weighted by Crippen LogP contribution is 2.22. The number of ether oxygens (including phenoxy) is 1.